The normalized spacial score (nSPS) is 10.2. The van der Waals surface area contributed by atoms with Crippen LogP contribution in [0.1, 0.15) is 0 Å². The molecule has 0 aliphatic heterocycles. The molecular weight excluding hydrogens is 441 g/mol. The van der Waals surface area contributed by atoms with Crippen molar-refractivity contribution in [2.24, 2.45) is 0 Å². The molecule has 21 heteroatoms. The van der Waals surface area contributed by atoms with Crippen LogP contribution < -0.4 is 88.7 Å². The SMILES string of the molecule is COOS(=O)(=O)[O-].COOS(=O)(=O)[O-].COOS(=O)(=O)[O-].[Na+].[Na+].[Na+]. The monoisotopic (exact) mass is 450 g/mol. The molecule has 132 valence electrons. The summed E-state index contributed by atoms with van der Waals surface area (Å²) in [7, 11) is -11.2. The largest absolute Gasteiger partial charge is 1.00 e. The molecule has 0 fully saturated rings. The van der Waals surface area contributed by atoms with Crippen LogP contribution >= 0.6 is 0 Å². The zero-order valence-corrected chi connectivity index (χ0v) is 21.8. The maximum Gasteiger partial charge on any atom is 1.00 e. The fourth-order valence-corrected chi connectivity index (χ4v) is 0.750. The topological polar surface area (TPSA) is 227 Å². The molecule has 0 saturated carbocycles. The van der Waals surface area contributed by atoms with Gasteiger partial charge in [-0.1, -0.05) is 0 Å². The molecule has 0 aromatic heterocycles. The third kappa shape index (κ3) is 64.4. The predicted octanol–water partition coefficient (Wildman–Crippen LogP) is -11.9. The van der Waals surface area contributed by atoms with Crippen LogP contribution in [0.3, 0.4) is 0 Å². The molecule has 15 nitrogen and oxygen atoms in total. The minimum atomic E-state index is -4.65. The Kier molecular flexibility index (Phi) is 37.2. The second-order valence-electron chi connectivity index (χ2n) is 1.93. The number of hydrogen-bond acceptors (Lipinski definition) is 15. The summed E-state index contributed by atoms with van der Waals surface area (Å²) in [5.74, 6) is 0. The molecule has 0 spiro atoms. The molecule has 0 aromatic rings. The summed E-state index contributed by atoms with van der Waals surface area (Å²) in [5.41, 5.74) is 0. The molecule has 0 aliphatic carbocycles. The summed E-state index contributed by atoms with van der Waals surface area (Å²) >= 11 is 0. The average molecular weight is 450 g/mol. The fraction of sp³-hybridized carbons (Fsp3) is 1.00. The van der Waals surface area contributed by atoms with E-state index in [1.807, 2.05) is 0 Å². The van der Waals surface area contributed by atoms with Gasteiger partial charge in [0.15, 0.2) is 0 Å². The van der Waals surface area contributed by atoms with Crippen LogP contribution in [-0.4, -0.2) is 60.2 Å². The fourth-order valence-electron chi connectivity index (χ4n) is 0.250. The standard InChI is InChI=1S/3CH4O5S.3Na/c3*1-5-6-7(2,3)4;;;/h3*1H3,(H,2,3,4);;;/q;;;3*+1/p-3. The molecule has 0 bridgehead atoms. The Bertz CT molecular complexity index is 457. The average Bonchev–Trinajstić information content (AvgIpc) is 2.12. The smallest absolute Gasteiger partial charge is 0.724 e. The molecule has 0 heterocycles. The first-order valence-corrected chi connectivity index (χ1v) is 7.72. The van der Waals surface area contributed by atoms with Gasteiger partial charge in [-0.3, -0.25) is 0 Å². The Morgan fingerprint density at radius 1 is 0.500 bits per heavy atom. The van der Waals surface area contributed by atoms with Crippen molar-refractivity contribution >= 4 is 31.2 Å². The van der Waals surface area contributed by atoms with E-state index in [0.717, 1.165) is 21.3 Å². The van der Waals surface area contributed by atoms with Crippen LogP contribution in [0, 0.1) is 0 Å². The number of hydrogen-bond donors (Lipinski definition) is 0. The van der Waals surface area contributed by atoms with Crippen LogP contribution in [0.15, 0.2) is 0 Å². The minimum absolute atomic E-state index is 0. The van der Waals surface area contributed by atoms with E-state index >= 15 is 0 Å². The second-order valence-corrected chi connectivity index (χ2v) is 4.79. The van der Waals surface area contributed by atoms with Gasteiger partial charge < -0.3 is 13.7 Å². The predicted molar refractivity (Wildman–Crippen MR) is 53.4 cm³/mol. The van der Waals surface area contributed by atoms with Crippen molar-refractivity contribution in [1.82, 2.24) is 0 Å². The van der Waals surface area contributed by atoms with Gasteiger partial charge in [0.1, 0.15) is 0 Å². The van der Waals surface area contributed by atoms with Crippen LogP contribution in [0.4, 0.5) is 0 Å². The zero-order chi connectivity index (χ0) is 17.7. The first kappa shape index (κ1) is 41.0. The molecule has 0 N–H and O–H groups in total. The maximum atomic E-state index is 9.33. The van der Waals surface area contributed by atoms with Gasteiger partial charge in [-0.05, 0) is 0 Å². The van der Waals surface area contributed by atoms with Crippen LogP contribution in [0.25, 0.3) is 0 Å². The molecule has 0 rings (SSSR count). The first-order valence-electron chi connectivity index (χ1n) is 3.72. The van der Waals surface area contributed by atoms with E-state index in [9.17, 15) is 38.9 Å². The molecule has 0 atom stereocenters. The Morgan fingerprint density at radius 3 is 0.625 bits per heavy atom. The molecule has 0 radical (unpaired) electrons. The Hall–Kier alpha value is 2.49. The number of rotatable bonds is 6. The molecule has 24 heavy (non-hydrogen) atoms. The van der Waals surface area contributed by atoms with Gasteiger partial charge in [-0.2, -0.15) is 0 Å². The van der Waals surface area contributed by atoms with Crippen molar-refractivity contribution in [3.8, 4) is 0 Å². The Labute approximate surface area is 205 Å². The molecule has 0 unspecified atom stereocenters. The van der Waals surface area contributed by atoms with Gasteiger partial charge in [0.05, 0.1) is 21.3 Å². The van der Waals surface area contributed by atoms with Gasteiger partial charge in [0.2, 0.25) is 31.2 Å². The van der Waals surface area contributed by atoms with Gasteiger partial charge in [-0.15, -0.1) is 13.0 Å². The minimum Gasteiger partial charge on any atom is -0.724 e. The Morgan fingerprint density at radius 2 is 0.625 bits per heavy atom. The summed E-state index contributed by atoms with van der Waals surface area (Å²) in [4.78, 5) is 10.5. The van der Waals surface area contributed by atoms with E-state index in [4.69, 9.17) is 0 Å². The van der Waals surface area contributed by atoms with E-state index in [-0.39, 0.29) is 88.7 Å². The summed E-state index contributed by atoms with van der Waals surface area (Å²) in [5, 5.41) is 0. The van der Waals surface area contributed by atoms with Crippen LogP contribution in [0.5, 0.6) is 0 Å². The molecular formula is C3H9Na3O15S3. The van der Waals surface area contributed by atoms with E-state index < -0.39 is 31.2 Å². The second kappa shape index (κ2) is 21.8. The third-order valence-electron chi connectivity index (χ3n) is 0.454. The summed E-state index contributed by atoms with van der Waals surface area (Å²) in [6.45, 7) is 0. The van der Waals surface area contributed by atoms with Gasteiger partial charge in [0.25, 0.3) is 0 Å². The van der Waals surface area contributed by atoms with E-state index in [2.05, 4.69) is 27.7 Å². The first-order chi connectivity index (χ1) is 9.18. The molecule has 0 amide bonds. The van der Waals surface area contributed by atoms with Crippen molar-refractivity contribution in [2.45, 2.75) is 0 Å². The van der Waals surface area contributed by atoms with Gasteiger partial charge in [-0.25, -0.2) is 39.9 Å². The van der Waals surface area contributed by atoms with Crippen molar-refractivity contribution in [3.63, 3.8) is 0 Å². The summed E-state index contributed by atoms with van der Waals surface area (Å²) in [6, 6.07) is 0. The van der Waals surface area contributed by atoms with Crippen molar-refractivity contribution in [3.05, 3.63) is 0 Å². The summed E-state index contributed by atoms with van der Waals surface area (Å²) < 4.78 is 93.4. The van der Waals surface area contributed by atoms with Gasteiger partial charge in [0, 0.05) is 0 Å². The molecule has 0 aromatic carbocycles. The van der Waals surface area contributed by atoms with Crippen molar-refractivity contribution < 1.29 is 155 Å². The third-order valence-corrected chi connectivity index (χ3v) is 1.36. The zero-order valence-electron chi connectivity index (χ0n) is 13.3. The van der Waals surface area contributed by atoms with Crippen LogP contribution in [0.2, 0.25) is 0 Å². The van der Waals surface area contributed by atoms with Crippen molar-refractivity contribution in [2.75, 3.05) is 21.3 Å². The Balaban J connectivity index is -0.0000000476. The van der Waals surface area contributed by atoms with Crippen LogP contribution in [-0.2, 0) is 58.9 Å². The molecule has 0 saturated heterocycles. The quantitative estimate of drug-likeness (QED) is 0.120. The molecule has 0 aliphatic rings. The summed E-state index contributed by atoms with van der Waals surface area (Å²) in [6.07, 6.45) is 0. The van der Waals surface area contributed by atoms with E-state index in [1.165, 1.54) is 0 Å². The van der Waals surface area contributed by atoms with E-state index in [0.29, 0.717) is 0 Å². The van der Waals surface area contributed by atoms with Gasteiger partial charge >= 0.3 is 88.7 Å². The van der Waals surface area contributed by atoms with E-state index in [1.54, 1.807) is 0 Å². The van der Waals surface area contributed by atoms with Crippen molar-refractivity contribution in [1.29, 1.82) is 0 Å². The maximum absolute atomic E-state index is 9.33.